The van der Waals surface area contributed by atoms with Gasteiger partial charge < -0.3 is 0 Å². The first-order valence-electron chi connectivity index (χ1n) is 7.47. The van der Waals surface area contributed by atoms with Crippen LogP contribution in [0.15, 0.2) is 53.4 Å². The summed E-state index contributed by atoms with van der Waals surface area (Å²) in [5.41, 5.74) is 2.82. The van der Waals surface area contributed by atoms with Gasteiger partial charge in [-0.3, -0.25) is 19.7 Å². The van der Waals surface area contributed by atoms with E-state index in [1.54, 1.807) is 31.2 Å². The summed E-state index contributed by atoms with van der Waals surface area (Å²) in [6.07, 6.45) is 0. The maximum atomic E-state index is 12.7. The lowest BCUT2D eigenvalue weighted by Crippen LogP contribution is -2.27. The molecule has 0 saturated carbocycles. The number of hydrogen-bond donors (Lipinski definition) is 0. The molecule has 0 aliphatic carbocycles. The molecular formula is C18H14N2O4S. The molecule has 7 heteroatoms. The van der Waals surface area contributed by atoms with Crippen LogP contribution in [0.1, 0.15) is 18.1 Å². The molecule has 1 aliphatic heterocycles. The molecule has 2 aromatic rings. The van der Waals surface area contributed by atoms with Crippen molar-refractivity contribution in [2.75, 3.05) is 4.90 Å². The normalized spacial score (nSPS) is 16.3. The highest BCUT2D eigenvalue weighted by molar-refractivity contribution is 8.19. The molecule has 1 aliphatic rings. The molecule has 0 spiro atoms. The lowest BCUT2D eigenvalue weighted by atomic mass is 10.1. The van der Waals surface area contributed by atoms with Gasteiger partial charge in [-0.2, -0.15) is 0 Å². The van der Waals surface area contributed by atoms with Gasteiger partial charge in [-0.15, -0.1) is 0 Å². The van der Waals surface area contributed by atoms with Crippen molar-refractivity contribution in [3.8, 4) is 0 Å². The fraction of sp³-hybridized carbons (Fsp3) is 0.111. The maximum Gasteiger partial charge on any atom is 0.298 e. The first-order chi connectivity index (χ1) is 11.9. The summed E-state index contributed by atoms with van der Waals surface area (Å²) in [5, 5.41) is 10.4. The first-order valence-corrected chi connectivity index (χ1v) is 8.29. The second-order valence-electron chi connectivity index (χ2n) is 5.60. The molecule has 2 aromatic carbocycles. The molecule has 0 bridgehead atoms. The molecular weight excluding hydrogens is 340 g/mol. The standard InChI is InChI=1S/C18H14N2O4S/c1-11-3-7-14(8-4-11)19-17(21)16(25-18(19)22)12(2)13-5-9-15(10-6-13)20(23)24/h3-10H,1-2H3/b16-12-. The SMILES string of the molecule is C/C(=C1/SC(=O)N(c2ccc(C)cc2)C1=O)c1ccc([N+](=O)[O-])cc1. The van der Waals surface area contributed by atoms with Crippen LogP contribution in [0.25, 0.3) is 5.57 Å². The average Bonchev–Trinajstić information content (AvgIpc) is 2.90. The molecule has 0 N–H and O–H groups in total. The number of imide groups is 1. The molecule has 1 saturated heterocycles. The van der Waals surface area contributed by atoms with Crippen molar-refractivity contribution in [2.24, 2.45) is 0 Å². The topological polar surface area (TPSA) is 80.5 Å². The molecule has 2 amide bonds. The Morgan fingerprint density at radius 1 is 1.04 bits per heavy atom. The first kappa shape index (κ1) is 16.9. The summed E-state index contributed by atoms with van der Waals surface area (Å²) in [4.78, 5) is 36.8. The molecule has 0 aromatic heterocycles. The number of thioether (sulfide) groups is 1. The quantitative estimate of drug-likeness (QED) is 0.459. The number of allylic oxidation sites excluding steroid dienone is 1. The van der Waals surface area contributed by atoms with Crippen LogP contribution < -0.4 is 4.90 Å². The summed E-state index contributed by atoms with van der Waals surface area (Å²) < 4.78 is 0. The van der Waals surface area contributed by atoms with Crippen LogP contribution >= 0.6 is 11.8 Å². The lowest BCUT2D eigenvalue weighted by molar-refractivity contribution is -0.384. The Bertz CT molecular complexity index is 902. The van der Waals surface area contributed by atoms with Gasteiger partial charge in [-0.1, -0.05) is 17.7 Å². The van der Waals surface area contributed by atoms with Crippen LogP contribution in [0.3, 0.4) is 0 Å². The van der Waals surface area contributed by atoms with Crippen molar-refractivity contribution >= 4 is 39.9 Å². The van der Waals surface area contributed by atoms with E-state index in [1.165, 1.54) is 12.1 Å². The summed E-state index contributed by atoms with van der Waals surface area (Å²) >= 11 is 0.877. The van der Waals surface area contributed by atoms with Gasteiger partial charge in [-0.25, -0.2) is 4.90 Å². The highest BCUT2D eigenvalue weighted by Crippen LogP contribution is 2.39. The number of carbonyl (C=O) groups excluding carboxylic acids is 2. The predicted molar refractivity (Wildman–Crippen MR) is 97.3 cm³/mol. The van der Waals surface area contributed by atoms with E-state index in [9.17, 15) is 19.7 Å². The van der Waals surface area contributed by atoms with E-state index in [1.807, 2.05) is 19.1 Å². The minimum Gasteiger partial charge on any atom is -0.268 e. The summed E-state index contributed by atoms with van der Waals surface area (Å²) in [5.74, 6) is -0.380. The Hall–Kier alpha value is -2.93. The van der Waals surface area contributed by atoms with E-state index < -0.39 is 4.92 Å². The van der Waals surface area contributed by atoms with E-state index in [0.29, 0.717) is 21.7 Å². The molecule has 0 unspecified atom stereocenters. The highest BCUT2D eigenvalue weighted by atomic mass is 32.2. The minimum absolute atomic E-state index is 0.0238. The smallest absolute Gasteiger partial charge is 0.268 e. The molecule has 0 radical (unpaired) electrons. The molecule has 1 fully saturated rings. The summed E-state index contributed by atoms with van der Waals surface area (Å²) in [6.45, 7) is 3.66. The van der Waals surface area contributed by atoms with E-state index in [4.69, 9.17) is 0 Å². The number of nitro groups is 1. The predicted octanol–water partition coefficient (Wildman–Crippen LogP) is 4.53. The van der Waals surface area contributed by atoms with Gasteiger partial charge in [0.25, 0.3) is 16.8 Å². The number of benzene rings is 2. The number of nitrogens with zero attached hydrogens (tertiary/aromatic N) is 2. The van der Waals surface area contributed by atoms with Crippen LogP contribution in [-0.4, -0.2) is 16.1 Å². The summed E-state index contributed by atoms with van der Waals surface area (Å²) in [7, 11) is 0. The highest BCUT2D eigenvalue weighted by Gasteiger charge is 2.37. The second kappa shape index (κ2) is 6.52. The fourth-order valence-corrected chi connectivity index (χ4v) is 3.38. The van der Waals surface area contributed by atoms with Crippen LogP contribution in [-0.2, 0) is 4.79 Å². The largest absolute Gasteiger partial charge is 0.298 e. The Morgan fingerprint density at radius 3 is 2.20 bits per heavy atom. The van der Waals surface area contributed by atoms with Crippen molar-refractivity contribution in [3.05, 3.63) is 74.7 Å². The Labute approximate surface area is 148 Å². The van der Waals surface area contributed by atoms with Gasteiger partial charge in [0.1, 0.15) is 0 Å². The van der Waals surface area contributed by atoms with Crippen molar-refractivity contribution in [3.63, 3.8) is 0 Å². The average molecular weight is 354 g/mol. The van der Waals surface area contributed by atoms with Gasteiger partial charge in [-0.05, 0) is 61.0 Å². The van der Waals surface area contributed by atoms with Gasteiger partial charge in [0, 0.05) is 12.1 Å². The second-order valence-corrected chi connectivity index (χ2v) is 6.56. The zero-order valence-corrected chi connectivity index (χ0v) is 14.4. The zero-order valence-electron chi connectivity index (χ0n) is 13.6. The van der Waals surface area contributed by atoms with Crippen LogP contribution in [0, 0.1) is 17.0 Å². The molecule has 126 valence electrons. The Kier molecular flexibility index (Phi) is 4.41. The zero-order chi connectivity index (χ0) is 18.1. The number of nitro benzene ring substituents is 1. The number of aryl methyl sites for hydroxylation is 1. The minimum atomic E-state index is -0.482. The monoisotopic (exact) mass is 354 g/mol. The number of anilines is 1. The molecule has 3 rings (SSSR count). The number of non-ortho nitro benzene ring substituents is 1. The number of carbonyl (C=O) groups is 2. The maximum absolute atomic E-state index is 12.7. The van der Waals surface area contributed by atoms with E-state index in [2.05, 4.69) is 0 Å². The molecule has 0 atom stereocenters. The van der Waals surface area contributed by atoms with Crippen LogP contribution in [0.2, 0.25) is 0 Å². The number of amides is 2. The van der Waals surface area contributed by atoms with Crippen LogP contribution in [0.5, 0.6) is 0 Å². The molecule has 1 heterocycles. The number of rotatable bonds is 3. The Balaban J connectivity index is 1.95. The van der Waals surface area contributed by atoms with Gasteiger partial charge in [0.05, 0.1) is 15.5 Å². The Morgan fingerprint density at radius 2 is 1.64 bits per heavy atom. The van der Waals surface area contributed by atoms with Gasteiger partial charge in [0.15, 0.2) is 0 Å². The van der Waals surface area contributed by atoms with Crippen molar-refractivity contribution < 1.29 is 14.5 Å². The molecule has 25 heavy (non-hydrogen) atoms. The van der Waals surface area contributed by atoms with Crippen molar-refractivity contribution in [1.29, 1.82) is 0 Å². The van der Waals surface area contributed by atoms with Crippen molar-refractivity contribution in [1.82, 2.24) is 0 Å². The third kappa shape index (κ3) is 3.18. The third-order valence-electron chi connectivity index (χ3n) is 3.91. The summed E-state index contributed by atoms with van der Waals surface area (Å²) in [6, 6.07) is 13.1. The third-order valence-corrected chi connectivity index (χ3v) is 4.96. The number of hydrogen-bond acceptors (Lipinski definition) is 5. The van der Waals surface area contributed by atoms with E-state index >= 15 is 0 Å². The van der Waals surface area contributed by atoms with Gasteiger partial charge >= 0.3 is 0 Å². The fourth-order valence-electron chi connectivity index (χ4n) is 2.48. The van der Waals surface area contributed by atoms with E-state index in [0.717, 1.165) is 22.2 Å². The van der Waals surface area contributed by atoms with Crippen molar-refractivity contribution in [2.45, 2.75) is 13.8 Å². The van der Waals surface area contributed by atoms with Gasteiger partial charge in [0.2, 0.25) is 0 Å². The molecule has 6 nitrogen and oxygen atoms in total. The van der Waals surface area contributed by atoms with Crippen LogP contribution in [0.4, 0.5) is 16.2 Å². The van der Waals surface area contributed by atoms with E-state index in [-0.39, 0.29) is 16.8 Å². The lowest BCUT2D eigenvalue weighted by Gasteiger charge is -2.12.